The van der Waals surface area contributed by atoms with Crippen molar-refractivity contribution in [2.75, 3.05) is 19.7 Å². The van der Waals surface area contributed by atoms with Crippen LogP contribution >= 0.6 is 0 Å². The molecule has 1 aliphatic heterocycles. The summed E-state index contributed by atoms with van der Waals surface area (Å²) in [7, 11) is 0. The molecule has 0 aromatic rings. The second-order valence-corrected chi connectivity index (χ2v) is 4.19. The van der Waals surface area contributed by atoms with Gasteiger partial charge in [0.15, 0.2) is 0 Å². The second-order valence-electron chi connectivity index (χ2n) is 4.19. The van der Waals surface area contributed by atoms with Gasteiger partial charge >= 0.3 is 11.9 Å². The first-order valence-electron chi connectivity index (χ1n) is 5.79. The predicted molar refractivity (Wildman–Crippen MR) is 60.0 cm³/mol. The van der Waals surface area contributed by atoms with Crippen LogP contribution in [0.1, 0.15) is 19.8 Å². The smallest absolute Gasteiger partial charge is 0.323 e. The Morgan fingerprint density at radius 2 is 1.78 bits per heavy atom. The summed E-state index contributed by atoms with van der Waals surface area (Å²) in [6, 6.07) is 0. The van der Waals surface area contributed by atoms with Crippen LogP contribution in [0.5, 0.6) is 0 Å². The van der Waals surface area contributed by atoms with Crippen LogP contribution in [0.15, 0.2) is 0 Å². The lowest BCUT2D eigenvalue weighted by atomic mass is 9.98. The van der Waals surface area contributed by atoms with Gasteiger partial charge < -0.3 is 19.8 Å². The van der Waals surface area contributed by atoms with Crippen LogP contribution in [0.2, 0.25) is 0 Å². The van der Waals surface area contributed by atoms with E-state index in [0.29, 0.717) is 19.4 Å². The molecule has 7 heteroatoms. The molecule has 1 aliphatic rings. The molecule has 1 saturated heterocycles. The third kappa shape index (κ3) is 3.69. The summed E-state index contributed by atoms with van der Waals surface area (Å²) in [5, 5.41) is 17.4. The van der Waals surface area contributed by atoms with Crippen molar-refractivity contribution in [1.29, 1.82) is 0 Å². The van der Waals surface area contributed by atoms with Crippen LogP contribution in [-0.4, -0.2) is 58.8 Å². The zero-order valence-corrected chi connectivity index (χ0v) is 10.2. The van der Waals surface area contributed by atoms with E-state index in [9.17, 15) is 14.4 Å². The summed E-state index contributed by atoms with van der Waals surface area (Å²) in [5.74, 6) is -3.34. The van der Waals surface area contributed by atoms with E-state index < -0.39 is 36.9 Å². The molecule has 7 nitrogen and oxygen atoms in total. The van der Waals surface area contributed by atoms with Crippen molar-refractivity contribution in [1.82, 2.24) is 4.90 Å². The lowest BCUT2D eigenvalue weighted by molar-refractivity contribution is -0.152. The van der Waals surface area contributed by atoms with E-state index >= 15 is 0 Å². The molecule has 18 heavy (non-hydrogen) atoms. The average molecular weight is 259 g/mol. The molecule has 1 heterocycles. The van der Waals surface area contributed by atoms with E-state index in [4.69, 9.17) is 14.9 Å². The molecule has 0 saturated carbocycles. The van der Waals surface area contributed by atoms with Gasteiger partial charge in [-0.05, 0) is 12.8 Å². The fraction of sp³-hybridized carbons (Fsp3) is 0.727. The van der Waals surface area contributed by atoms with Crippen molar-refractivity contribution in [2.45, 2.75) is 25.9 Å². The maximum absolute atomic E-state index is 12.1. The van der Waals surface area contributed by atoms with Crippen LogP contribution in [-0.2, 0) is 19.1 Å². The highest BCUT2D eigenvalue weighted by atomic mass is 16.5. The molecule has 1 rings (SSSR count). The zero-order valence-electron chi connectivity index (χ0n) is 10.2. The largest absolute Gasteiger partial charge is 0.480 e. The highest BCUT2D eigenvalue weighted by Crippen LogP contribution is 2.25. The fourth-order valence-corrected chi connectivity index (χ4v) is 2.11. The Bertz CT molecular complexity index is 326. The van der Waals surface area contributed by atoms with E-state index in [2.05, 4.69) is 0 Å². The van der Waals surface area contributed by atoms with E-state index in [1.54, 1.807) is 0 Å². The van der Waals surface area contributed by atoms with Gasteiger partial charge in [0, 0.05) is 6.61 Å². The molecule has 0 aliphatic carbocycles. The van der Waals surface area contributed by atoms with Gasteiger partial charge in [0.2, 0.25) is 5.91 Å². The number of hydrogen-bond donors (Lipinski definition) is 2. The van der Waals surface area contributed by atoms with Crippen LogP contribution in [0.25, 0.3) is 0 Å². The minimum atomic E-state index is -1.23. The van der Waals surface area contributed by atoms with Gasteiger partial charge in [-0.3, -0.25) is 14.4 Å². The fourth-order valence-electron chi connectivity index (χ4n) is 2.11. The number of ether oxygens (including phenoxy) is 1. The Balaban J connectivity index is 2.74. The maximum atomic E-state index is 12.1. The van der Waals surface area contributed by atoms with Gasteiger partial charge in [-0.1, -0.05) is 6.92 Å². The zero-order chi connectivity index (χ0) is 13.7. The molecule has 2 unspecified atom stereocenters. The third-order valence-corrected chi connectivity index (χ3v) is 2.89. The van der Waals surface area contributed by atoms with Gasteiger partial charge in [0.1, 0.15) is 13.1 Å². The number of amides is 1. The predicted octanol–water partition coefficient (Wildman–Crippen LogP) is -0.201. The van der Waals surface area contributed by atoms with Crippen molar-refractivity contribution in [3.05, 3.63) is 0 Å². The second kappa shape index (κ2) is 6.34. The van der Waals surface area contributed by atoms with Crippen molar-refractivity contribution in [2.24, 2.45) is 5.92 Å². The lowest BCUT2D eigenvalue weighted by Crippen LogP contribution is -2.44. The first-order chi connectivity index (χ1) is 8.45. The van der Waals surface area contributed by atoms with E-state index in [1.807, 2.05) is 6.92 Å². The van der Waals surface area contributed by atoms with Crippen LogP contribution in [0, 0.1) is 5.92 Å². The standard InChI is InChI=1S/C11H17NO6/c1-2-8-7(3-4-18-8)11(17)12(5-9(13)14)6-10(15)16/h7-8H,2-6H2,1H3,(H,13,14)(H,15,16). The highest BCUT2D eigenvalue weighted by Gasteiger charge is 2.36. The Hall–Kier alpha value is -1.63. The summed E-state index contributed by atoms with van der Waals surface area (Å²) in [4.78, 5) is 34.2. The van der Waals surface area contributed by atoms with E-state index in [0.717, 1.165) is 4.90 Å². The first-order valence-corrected chi connectivity index (χ1v) is 5.79. The van der Waals surface area contributed by atoms with Crippen molar-refractivity contribution >= 4 is 17.8 Å². The van der Waals surface area contributed by atoms with E-state index in [-0.39, 0.29) is 6.10 Å². The molecule has 2 N–H and O–H groups in total. The molecule has 0 bridgehead atoms. The lowest BCUT2D eigenvalue weighted by Gasteiger charge is -2.24. The topological polar surface area (TPSA) is 104 Å². The van der Waals surface area contributed by atoms with E-state index in [1.165, 1.54) is 0 Å². The molecule has 0 aromatic carbocycles. The third-order valence-electron chi connectivity index (χ3n) is 2.89. The number of aliphatic carboxylic acids is 2. The van der Waals surface area contributed by atoms with Crippen molar-refractivity contribution in [3.8, 4) is 0 Å². The summed E-state index contributed by atoms with van der Waals surface area (Å²) >= 11 is 0. The Morgan fingerprint density at radius 1 is 1.22 bits per heavy atom. The molecule has 0 radical (unpaired) electrons. The molecule has 2 atom stereocenters. The number of rotatable bonds is 6. The number of carboxylic acids is 2. The quantitative estimate of drug-likeness (QED) is 0.684. The number of carboxylic acid groups (broad SMARTS) is 2. The summed E-state index contributed by atoms with van der Waals surface area (Å²) in [5.41, 5.74) is 0. The first kappa shape index (κ1) is 14.4. The molecular weight excluding hydrogens is 242 g/mol. The molecular formula is C11H17NO6. The maximum Gasteiger partial charge on any atom is 0.323 e. The highest BCUT2D eigenvalue weighted by molar-refractivity contribution is 5.87. The summed E-state index contributed by atoms with van der Waals surface area (Å²) in [6.07, 6.45) is 0.903. The van der Waals surface area contributed by atoms with Crippen LogP contribution in [0.3, 0.4) is 0 Å². The van der Waals surface area contributed by atoms with Gasteiger partial charge in [0.05, 0.1) is 12.0 Å². The number of carbonyl (C=O) groups is 3. The number of hydrogen-bond acceptors (Lipinski definition) is 4. The monoisotopic (exact) mass is 259 g/mol. The summed E-state index contributed by atoms with van der Waals surface area (Å²) in [6.45, 7) is 1.12. The minimum Gasteiger partial charge on any atom is -0.480 e. The van der Waals surface area contributed by atoms with Crippen molar-refractivity contribution < 1.29 is 29.3 Å². The van der Waals surface area contributed by atoms with Crippen LogP contribution in [0.4, 0.5) is 0 Å². The molecule has 1 amide bonds. The molecule has 1 fully saturated rings. The normalized spacial score (nSPS) is 22.7. The molecule has 0 aromatic heterocycles. The Morgan fingerprint density at radius 3 is 2.22 bits per heavy atom. The number of nitrogens with zero attached hydrogens (tertiary/aromatic N) is 1. The van der Waals surface area contributed by atoms with Gasteiger partial charge in [-0.25, -0.2) is 0 Å². The van der Waals surface area contributed by atoms with Crippen molar-refractivity contribution in [3.63, 3.8) is 0 Å². The van der Waals surface area contributed by atoms with Gasteiger partial charge in [0.25, 0.3) is 0 Å². The summed E-state index contributed by atoms with van der Waals surface area (Å²) < 4.78 is 5.35. The average Bonchev–Trinajstić information content (AvgIpc) is 2.73. The number of carbonyl (C=O) groups excluding carboxylic acids is 1. The van der Waals surface area contributed by atoms with Gasteiger partial charge in [-0.2, -0.15) is 0 Å². The SMILES string of the molecule is CCC1OCCC1C(=O)N(CC(=O)O)CC(=O)O. The molecule has 102 valence electrons. The Labute approximate surface area is 104 Å². The van der Waals surface area contributed by atoms with Crippen LogP contribution < -0.4 is 0 Å². The minimum absolute atomic E-state index is 0.248. The Kier molecular flexibility index (Phi) is 5.08. The molecule has 0 spiro atoms. The van der Waals surface area contributed by atoms with Gasteiger partial charge in [-0.15, -0.1) is 0 Å².